The van der Waals surface area contributed by atoms with Crippen LogP contribution in [-0.4, -0.2) is 65.6 Å². The third kappa shape index (κ3) is 6.61. The Hall–Kier alpha value is -1.31. The predicted molar refractivity (Wildman–Crippen MR) is 113 cm³/mol. The van der Waals surface area contributed by atoms with Crippen LogP contribution in [0.15, 0.2) is 12.1 Å². The van der Waals surface area contributed by atoms with Crippen molar-refractivity contribution < 1.29 is 36.6 Å². The number of phenols is 1. The number of carbonyl (C=O) groups is 1. The molecular weight excluding hydrogens is 498 g/mol. The number of piperidine rings is 1. The van der Waals surface area contributed by atoms with E-state index in [0.717, 1.165) is 12.8 Å². The van der Waals surface area contributed by atoms with Gasteiger partial charge in [0.15, 0.2) is 0 Å². The standard InChI is InChI=1S/C16H23Cl2N3O3S.C2HF3O2/c17-13-9-12(15(22)10-14(13)18)16(19)11-3-7-21(8-4-11)25(23,24)20-5-1-2-6-20;3-2(4,5)1(6)7/h9-11,16,22H,1-8,19H2;(H,6,7). The van der Waals surface area contributed by atoms with Gasteiger partial charge in [0.1, 0.15) is 5.75 Å². The number of phenolic OH excluding ortho intramolecular Hbond substituents is 1. The van der Waals surface area contributed by atoms with Crippen LogP contribution in [0.1, 0.15) is 37.3 Å². The van der Waals surface area contributed by atoms with Gasteiger partial charge in [0, 0.05) is 43.9 Å². The maximum atomic E-state index is 12.6. The van der Waals surface area contributed by atoms with Crippen molar-refractivity contribution in [3.05, 3.63) is 27.7 Å². The van der Waals surface area contributed by atoms with Crippen molar-refractivity contribution in [3.8, 4) is 5.75 Å². The van der Waals surface area contributed by atoms with Gasteiger partial charge in [-0.2, -0.15) is 30.2 Å². The molecule has 2 saturated heterocycles. The van der Waals surface area contributed by atoms with E-state index >= 15 is 0 Å². The molecule has 1 atom stereocenters. The van der Waals surface area contributed by atoms with Crippen molar-refractivity contribution in [2.75, 3.05) is 26.2 Å². The Labute approximate surface area is 193 Å². The van der Waals surface area contributed by atoms with E-state index in [9.17, 15) is 26.7 Å². The molecule has 0 spiro atoms. The van der Waals surface area contributed by atoms with E-state index in [-0.39, 0.29) is 16.7 Å². The topological polar surface area (TPSA) is 124 Å². The molecule has 0 aliphatic carbocycles. The molecule has 1 unspecified atom stereocenters. The first kappa shape index (κ1) is 26.9. The normalized spacial score (nSPS) is 19.9. The first-order valence-corrected chi connectivity index (χ1v) is 11.9. The number of hydrogen-bond donors (Lipinski definition) is 3. The fourth-order valence-corrected chi connectivity index (χ4v) is 5.67. The summed E-state index contributed by atoms with van der Waals surface area (Å²) in [7, 11) is -3.36. The zero-order chi connectivity index (χ0) is 24.3. The molecule has 0 radical (unpaired) electrons. The van der Waals surface area contributed by atoms with Crippen molar-refractivity contribution >= 4 is 39.4 Å². The Bertz CT molecular complexity index is 919. The van der Waals surface area contributed by atoms with Gasteiger partial charge in [-0.05, 0) is 37.7 Å². The van der Waals surface area contributed by atoms with Gasteiger partial charge in [-0.25, -0.2) is 4.79 Å². The van der Waals surface area contributed by atoms with Crippen LogP contribution in [0.4, 0.5) is 13.2 Å². The van der Waals surface area contributed by atoms with Gasteiger partial charge in [-0.15, -0.1) is 0 Å². The lowest BCUT2D eigenvalue weighted by atomic mass is 9.86. The molecule has 182 valence electrons. The molecule has 0 bridgehead atoms. The van der Waals surface area contributed by atoms with Gasteiger partial charge < -0.3 is 15.9 Å². The Kier molecular flexibility index (Phi) is 9.05. The lowest BCUT2D eigenvalue weighted by Gasteiger charge is -2.36. The fourth-order valence-electron chi connectivity index (χ4n) is 3.62. The Balaban J connectivity index is 0.000000451. The minimum Gasteiger partial charge on any atom is -0.508 e. The number of aromatic hydroxyl groups is 1. The summed E-state index contributed by atoms with van der Waals surface area (Å²) in [6.07, 6.45) is -1.93. The van der Waals surface area contributed by atoms with Crippen molar-refractivity contribution in [1.29, 1.82) is 0 Å². The second-order valence-corrected chi connectivity index (χ2v) is 10.2. The number of nitrogens with zero attached hydrogens (tertiary/aromatic N) is 2. The summed E-state index contributed by atoms with van der Waals surface area (Å²) in [6, 6.07) is 2.58. The monoisotopic (exact) mass is 521 g/mol. The van der Waals surface area contributed by atoms with E-state index in [2.05, 4.69) is 0 Å². The number of carboxylic acids is 1. The molecular formula is C18H24Cl2F3N3O5S. The lowest BCUT2D eigenvalue weighted by Crippen LogP contribution is -2.47. The maximum absolute atomic E-state index is 12.6. The van der Waals surface area contributed by atoms with Gasteiger partial charge in [0.2, 0.25) is 0 Å². The highest BCUT2D eigenvalue weighted by atomic mass is 35.5. The quantitative estimate of drug-likeness (QED) is 0.557. The smallest absolute Gasteiger partial charge is 0.490 e. The summed E-state index contributed by atoms with van der Waals surface area (Å²) >= 11 is 11.9. The van der Waals surface area contributed by atoms with Crippen molar-refractivity contribution in [2.24, 2.45) is 11.7 Å². The van der Waals surface area contributed by atoms with Crippen LogP contribution < -0.4 is 5.73 Å². The molecule has 2 fully saturated rings. The number of benzene rings is 1. The zero-order valence-electron chi connectivity index (χ0n) is 16.9. The first-order valence-electron chi connectivity index (χ1n) is 9.74. The number of aliphatic carboxylic acids is 1. The number of hydrogen-bond acceptors (Lipinski definition) is 5. The second-order valence-electron chi connectivity index (χ2n) is 7.50. The maximum Gasteiger partial charge on any atom is 0.490 e. The SMILES string of the molecule is NC(c1cc(Cl)c(Cl)cc1O)C1CCN(S(=O)(=O)N2CCCC2)CC1.O=C(O)C(F)(F)F. The van der Waals surface area contributed by atoms with E-state index in [4.69, 9.17) is 38.8 Å². The summed E-state index contributed by atoms with van der Waals surface area (Å²) in [5.41, 5.74) is 6.88. The number of rotatable bonds is 4. The van der Waals surface area contributed by atoms with Crippen LogP contribution in [0.3, 0.4) is 0 Å². The first-order chi connectivity index (χ1) is 14.7. The summed E-state index contributed by atoms with van der Waals surface area (Å²) in [5, 5.41) is 17.9. The molecule has 32 heavy (non-hydrogen) atoms. The Morgan fingerprint density at radius 3 is 1.97 bits per heavy atom. The molecule has 2 heterocycles. The van der Waals surface area contributed by atoms with Gasteiger partial charge in [-0.1, -0.05) is 23.2 Å². The van der Waals surface area contributed by atoms with Crippen LogP contribution in [0.2, 0.25) is 10.0 Å². The molecule has 4 N–H and O–H groups in total. The molecule has 2 aliphatic rings. The third-order valence-corrected chi connectivity index (χ3v) is 8.15. The predicted octanol–water partition coefficient (Wildman–Crippen LogP) is 3.38. The van der Waals surface area contributed by atoms with Gasteiger partial charge >= 0.3 is 12.1 Å². The van der Waals surface area contributed by atoms with Crippen LogP contribution in [0.25, 0.3) is 0 Å². The highest BCUT2D eigenvalue weighted by Gasteiger charge is 2.38. The number of nitrogens with two attached hydrogens (primary N) is 1. The number of alkyl halides is 3. The van der Waals surface area contributed by atoms with E-state index < -0.39 is 28.4 Å². The van der Waals surface area contributed by atoms with E-state index in [1.54, 1.807) is 14.7 Å². The van der Waals surface area contributed by atoms with Gasteiger partial charge in [0.05, 0.1) is 10.0 Å². The summed E-state index contributed by atoms with van der Waals surface area (Å²) < 4.78 is 60.1. The van der Waals surface area contributed by atoms with E-state index in [1.165, 1.54) is 6.07 Å². The van der Waals surface area contributed by atoms with Crippen LogP contribution in [-0.2, 0) is 15.0 Å². The average Bonchev–Trinajstić information content (AvgIpc) is 3.26. The molecule has 14 heteroatoms. The summed E-state index contributed by atoms with van der Waals surface area (Å²) in [5.74, 6) is -2.66. The molecule has 2 aliphatic heterocycles. The summed E-state index contributed by atoms with van der Waals surface area (Å²) in [4.78, 5) is 8.90. The summed E-state index contributed by atoms with van der Waals surface area (Å²) in [6.45, 7) is 2.11. The minimum atomic E-state index is -5.08. The Morgan fingerprint density at radius 2 is 1.50 bits per heavy atom. The lowest BCUT2D eigenvalue weighted by molar-refractivity contribution is -0.192. The van der Waals surface area contributed by atoms with Crippen molar-refractivity contribution in [3.63, 3.8) is 0 Å². The minimum absolute atomic E-state index is 0.0222. The highest BCUT2D eigenvalue weighted by molar-refractivity contribution is 7.86. The van der Waals surface area contributed by atoms with Gasteiger partial charge in [-0.3, -0.25) is 0 Å². The van der Waals surface area contributed by atoms with Crippen LogP contribution >= 0.6 is 23.2 Å². The van der Waals surface area contributed by atoms with E-state index in [1.807, 2.05) is 0 Å². The molecule has 8 nitrogen and oxygen atoms in total. The Morgan fingerprint density at radius 1 is 1.06 bits per heavy atom. The molecule has 0 saturated carbocycles. The van der Waals surface area contributed by atoms with E-state index in [0.29, 0.717) is 49.6 Å². The molecule has 0 amide bonds. The molecule has 0 aromatic heterocycles. The molecule has 1 aromatic carbocycles. The zero-order valence-corrected chi connectivity index (χ0v) is 19.2. The highest BCUT2D eigenvalue weighted by Crippen LogP contribution is 2.38. The van der Waals surface area contributed by atoms with Crippen molar-refractivity contribution in [2.45, 2.75) is 37.9 Å². The average molecular weight is 522 g/mol. The number of carboxylic acid groups (broad SMARTS) is 1. The third-order valence-electron chi connectivity index (χ3n) is 5.40. The van der Waals surface area contributed by atoms with Gasteiger partial charge in [0.25, 0.3) is 10.2 Å². The number of halogens is 5. The van der Waals surface area contributed by atoms with Crippen LogP contribution in [0.5, 0.6) is 5.75 Å². The molecule has 3 rings (SSSR count). The fraction of sp³-hybridized carbons (Fsp3) is 0.611. The second kappa shape index (κ2) is 10.7. The van der Waals surface area contributed by atoms with Crippen LogP contribution in [0, 0.1) is 5.92 Å². The molecule has 1 aromatic rings. The van der Waals surface area contributed by atoms with Crippen molar-refractivity contribution in [1.82, 2.24) is 8.61 Å². The largest absolute Gasteiger partial charge is 0.508 e.